The van der Waals surface area contributed by atoms with Crippen molar-refractivity contribution in [1.29, 1.82) is 0 Å². The van der Waals surface area contributed by atoms with Crippen LogP contribution in [0.25, 0.3) is 11.4 Å². The summed E-state index contributed by atoms with van der Waals surface area (Å²) in [4.78, 5) is 32.7. The Balaban J connectivity index is 1.47. The van der Waals surface area contributed by atoms with Gasteiger partial charge < -0.3 is 15.7 Å². The van der Waals surface area contributed by atoms with E-state index in [4.69, 9.17) is 23.2 Å². The Morgan fingerprint density at radius 1 is 0.919 bits per heavy atom. The Morgan fingerprint density at radius 3 is 2.03 bits per heavy atom. The number of benzene rings is 2. The quantitative estimate of drug-likeness (QED) is 0.319. The fourth-order valence-corrected chi connectivity index (χ4v) is 3.89. The van der Waals surface area contributed by atoms with Crippen LogP contribution in [-0.4, -0.2) is 46.6 Å². The van der Waals surface area contributed by atoms with Crippen molar-refractivity contribution in [3.63, 3.8) is 0 Å². The van der Waals surface area contributed by atoms with Crippen LogP contribution in [-0.2, 0) is 13.1 Å². The first-order chi connectivity index (χ1) is 17.5. The van der Waals surface area contributed by atoms with Crippen LogP contribution in [0.3, 0.4) is 0 Å². The van der Waals surface area contributed by atoms with Gasteiger partial charge in [-0.05, 0) is 50.6 Å². The Kier molecular flexibility index (Phi) is 7.41. The number of aromatic nitrogens is 6. The highest BCUT2D eigenvalue weighted by molar-refractivity contribution is 6.34. The lowest BCUT2D eigenvalue weighted by atomic mass is 10.1. The third-order valence-corrected chi connectivity index (χ3v) is 6.04. The molecule has 4 rings (SSSR count). The summed E-state index contributed by atoms with van der Waals surface area (Å²) in [5.74, 6) is -0.145. The number of carbonyl (C=O) groups excluding carboxylic acids is 1. The number of aryl methyl sites for hydroxylation is 3. The van der Waals surface area contributed by atoms with Gasteiger partial charge in [-0.1, -0.05) is 23.2 Å². The van der Waals surface area contributed by atoms with Crippen molar-refractivity contribution in [2.24, 2.45) is 0 Å². The van der Waals surface area contributed by atoms with Gasteiger partial charge in [0.05, 0.1) is 40.1 Å². The summed E-state index contributed by atoms with van der Waals surface area (Å²) in [6.45, 7) is 5.03. The molecule has 0 spiro atoms. The number of hydrogen-bond acceptors (Lipinski definition) is 6. The average Bonchev–Trinajstić information content (AvgIpc) is 3.41. The monoisotopic (exact) mass is 546 g/mol. The summed E-state index contributed by atoms with van der Waals surface area (Å²) in [6, 6.07) is 6.77. The summed E-state index contributed by atoms with van der Waals surface area (Å²) in [6.07, 6.45) is 0. The number of carboxylic acids is 1. The number of halogens is 3. The van der Waals surface area contributed by atoms with E-state index < -0.39 is 17.8 Å². The van der Waals surface area contributed by atoms with E-state index in [2.05, 4.69) is 30.8 Å². The van der Waals surface area contributed by atoms with Crippen LogP contribution in [0.15, 0.2) is 30.3 Å². The normalized spacial score (nSPS) is 11.0. The van der Waals surface area contributed by atoms with Crippen LogP contribution in [0, 0.1) is 26.6 Å². The minimum Gasteiger partial charge on any atom is -0.478 e. The largest absolute Gasteiger partial charge is 0.478 e. The highest BCUT2D eigenvalue weighted by atomic mass is 35.5. The zero-order valence-electron chi connectivity index (χ0n) is 19.9. The second kappa shape index (κ2) is 10.5. The first kappa shape index (κ1) is 26.0. The second-order valence-electron chi connectivity index (χ2n) is 8.04. The molecule has 2 heterocycles. The molecule has 0 aliphatic rings. The maximum atomic E-state index is 13.9. The van der Waals surface area contributed by atoms with Crippen LogP contribution in [0.2, 0.25) is 10.0 Å². The van der Waals surface area contributed by atoms with Gasteiger partial charge >= 0.3 is 12.0 Å². The van der Waals surface area contributed by atoms with Crippen LogP contribution >= 0.6 is 23.2 Å². The van der Waals surface area contributed by atoms with Gasteiger partial charge in [-0.15, -0.1) is 0 Å². The number of rotatable bonds is 7. The molecule has 0 saturated heterocycles. The SMILES string of the molecule is Cc1nc(CNC(=O)NCc2nc(C)nn2-c2cc(C)c(Cl)c(C(=O)O)c2)n(-c2ccc(Cl)c(F)c2)n1. The standard InChI is InChI=1S/C23H21Cl2FN8O3/c1-11-6-15(7-16(21(11)25)22(35)36)34-20(30-13(3)32-34)10-28-23(37)27-9-19-29-12(2)31-33(19)14-4-5-17(24)18(26)8-14/h4-8H,9-10H2,1-3H3,(H,35,36)(H2,27,28,37). The minimum absolute atomic E-state index is 0.000980. The van der Waals surface area contributed by atoms with E-state index in [-0.39, 0.29) is 28.7 Å². The molecule has 192 valence electrons. The molecule has 0 aliphatic carbocycles. The molecule has 3 N–H and O–H groups in total. The minimum atomic E-state index is -1.17. The maximum absolute atomic E-state index is 13.9. The van der Waals surface area contributed by atoms with Crippen molar-refractivity contribution in [3.8, 4) is 11.4 Å². The van der Waals surface area contributed by atoms with Crippen molar-refractivity contribution in [3.05, 3.63) is 80.6 Å². The predicted molar refractivity (Wildman–Crippen MR) is 133 cm³/mol. The summed E-state index contributed by atoms with van der Waals surface area (Å²) < 4.78 is 16.8. The number of nitrogens with zero attached hydrogens (tertiary/aromatic N) is 6. The fraction of sp³-hybridized carbons (Fsp3) is 0.217. The first-order valence-electron chi connectivity index (χ1n) is 10.9. The lowest BCUT2D eigenvalue weighted by Gasteiger charge is -2.11. The Labute approximate surface area is 220 Å². The molecule has 0 unspecified atom stereocenters. The molecule has 14 heteroatoms. The summed E-state index contributed by atoms with van der Waals surface area (Å²) in [7, 11) is 0. The van der Waals surface area contributed by atoms with Gasteiger partial charge in [-0.25, -0.2) is 33.3 Å². The molecule has 2 aromatic heterocycles. The lowest BCUT2D eigenvalue weighted by Crippen LogP contribution is -2.36. The summed E-state index contributed by atoms with van der Waals surface area (Å²) in [5.41, 5.74) is 1.33. The van der Waals surface area contributed by atoms with Crippen molar-refractivity contribution >= 4 is 35.2 Å². The maximum Gasteiger partial charge on any atom is 0.337 e. The zero-order chi connectivity index (χ0) is 26.9. The van der Waals surface area contributed by atoms with E-state index in [1.165, 1.54) is 27.6 Å². The number of aromatic carboxylic acids is 1. The Morgan fingerprint density at radius 2 is 1.49 bits per heavy atom. The molecule has 0 saturated carbocycles. The molecule has 0 fully saturated rings. The summed E-state index contributed by atoms with van der Waals surface area (Å²) >= 11 is 11.9. The number of carbonyl (C=O) groups is 2. The van der Waals surface area contributed by atoms with E-state index in [1.54, 1.807) is 32.9 Å². The number of carboxylic acid groups (broad SMARTS) is 1. The topological polar surface area (TPSA) is 140 Å². The van der Waals surface area contributed by atoms with Gasteiger partial charge in [-0.2, -0.15) is 10.2 Å². The molecule has 2 amide bonds. The number of amides is 2. The summed E-state index contributed by atoms with van der Waals surface area (Å²) in [5, 5.41) is 23.5. The van der Waals surface area contributed by atoms with E-state index in [9.17, 15) is 19.1 Å². The molecule has 11 nitrogen and oxygen atoms in total. The highest BCUT2D eigenvalue weighted by Gasteiger charge is 2.18. The van der Waals surface area contributed by atoms with Crippen molar-refractivity contribution in [1.82, 2.24) is 40.2 Å². The van der Waals surface area contributed by atoms with Crippen LogP contribution in [0.1, 0.15) is 39.2 Å². The van der Waals surface area contributed by atoms with E-state index >= 15 is 0 Å². The smallest absolute Gasteiger partial charge is 0.337 e. The van der Waals surface area contributed by atoms with Gasteiger partial charge in [0.15, 0.2) is 11.6 Å². The van der Waals surface area contributed by atoms with Gasteiger partial charge in [0, 0.05) is 6.07 Å². The molecule has 37 heavy (non-hydrogen) atoms. The molecule has 0 aliphatic heterocycles. The lowest BCUT2D eigenvalue weighted by molar-refractivity contribution is 0.0697. The fourth-order valence-electron chi connectivity index (χ4n) is 3.59. The van der Waals surface area contributed by atoms with Gasteiger partial charge in [0.25, 0.3) is 0 Å². The predicted octanol–water partition coefficient (Wildman–Crippen LogP) is 3.92. The molecular weight excluding hydrogens is 526 g/mol. The van der Waals surface area contributed by atoms with E-state index in [1.807, 2.05) is 0 Å². The van der Waals surface area contributed by atoms with E-state index in [0.717, 1.165) is 0 Å². The number of nitrogens with one attached hydrogen (secondary N) is 2. The number of hydrogen-bond donors (Lipinski definition) is 3. The van der Waals surface area contributed by atoms with Gasteiger partial charge in [-0.3, -0.25) is 0 Å². The van der Waals surface area contributed by atoms with E-state index in [0.29, 0.717) is 40.2 Å². The van der Waals surface area contributed by atoms with Crippen LogP contribution in [0.5, 0.6) is 0 Å². The Bertz CT molecular complexity index is 1520. The van der Waals surface area contributed by atoms with Crippen LogP contribution in [0.4, 0.5) is 9.18 Å². The van der Waals surface area contributed by atoms with Crippen LogP contribution < -0.4 is 10.6 Å². The van der Waals surface area contributed by atoms with Gasteiger partial charge in [0.1, 0.15) is 17.5 Å². The molecule has 0 atom stereocenters. The molecule has 4 aromatic rings. The first-order valence-corrected chi connectivity index (χ1v) is 11.6. The van der Waals surface area contributed by atoms with Crippen molar-refractivity contribution in [2.75, 3.05) is 0 Å². The van der Waals surface area contributed by atoms with Crippen molar-refractivity contribution < 1.29 is 19.1 Å². The molecule has 0 bridgehead atoms. The third-order valence-electron chi connectivity index (χ3n) is 5.24. The molecule has 0 radical (unpaired) electrons. The molecular formula is C23H21Cl2FN8O3. The molecule has 2 aromatic carbocycles. The van der Waals surface area contributed by atoms with Crippen molar-refractivity contribution in [2.45, 2.75) is 33.9 Å². The zero-order valence-corrected chi connectivity index (χ0v) is 21.4. The average molecular weight is 547 g/mol. The van der Waals surface area contributed by atoms with Gasteiger partial charge in [0.2, 0.25) is 0 Å². The third kappa shape index (κ3) is 5.70. The number of urea groups is 1. The Hall–Kier alpha value is -4.03. The second-order valence-corrected chi connectivity index (χ2v) is 8.82. The highest BCUT2D eigenvalue weighted by Crippen LogP contribution is 2.25.